The molecule has 0 radical (unpaired) electrons. The van der Waals surface area contributed by atoms with Crippen molar-refractivity contribution in [3.8, 4) is 5.75 Å². The van der Waals surface area contributed by atoms with E-state index in [9.17, 15) is 14.0 Å². The quantitative estimate of drug-likeness (QED) is 0.661. The number of carbonyl (C=O) groups is 2. The molecule has 2 heterocycles. The number of hydrogen-bond donors (Lipinski definition) is 0. The number of hydrogen-bond acceptors (Lipinski definition) is 6. The molecule has 172 valence electrons. The highest BCUT2D eigenvalue weighted by Crippen LogP contribution is 2.40. The highest BCUT2D eigenvalue weighted by molar-refractivity contribution is 5.91. The smallest absolute Gasteiger partial charge is 0.410 e. The Bertz CT molecular complexity index is 830. The lowest BCUT2D eigenvalue weighted by Gasteiger charge is -2.44. The molecule has 1 saturated heterocycles. The van der Waals surface area contributed by atoms with Crippen LogP contribution >= 0.6 is 0 Å². The van der Waals surface area contributed by atoms with Crippen LogP contribution in [-0.2, 0) is 9.47 Å². The second-order valence-electron chi connectivity index (χ2n) is 9.42. The summed E-state index contributed by atoms with van der Waals surface area (Å²) in [6, 6.07) is 2.88. The van der Waals surface area contributed by atoms with Gasteiger partial charge in [0.15, 0.2) is 11.6 Å². The Balaban J connectivity index is 1.76. The molecule has 0 aliphatic carbocycles. The molecule has 0 bridgehead atoms. The molecule has 0 spiro atoms. The van der Waals surface area contributed by atoms with Crippen molar-refractivity contribution < 1.29 is 28.2 Å². The van der Waals surface area contributed by atoms with E-state index in [-0.39, 0.29) is 29.6 Å². The van der Waals surface area contributed by atoms with Crippen LogP contribution in [0.25, 0.3) is 0 Å². The topological polar surface area (TPSA) is 68.3 Å². The van der Waals surface area contributed by atoms with E-state index in [2.05, 4.69) is 11.8 Å². The molecule has 0 N–H and O–H groups in total. The first-order valence-corrected chi connectivity index (χ1v) is 10.8. The minimum atomic E-state index is -0.585. The summed E-state index contributed by atoms with van der Waals surface area (Å²) in [5.41, 5.74) is 0.213. The van der Waals surface area contributed by atoms with Crippen LogP contribution in [0.4, 0.5) is 14.9 Å². The maximum absolute atomic E-state index is 14.7. The summed E-state index contributed by atoms with van der Waals surface area (Å²) < 4.78 is 30.7. The predicted molar refractivity (Wildman–Crippen MR) is 115 cm³/mol. The fraction of sp³-hybridized carbons (Fsp3) is 0.652. The Labute approximate surface area is 183 Å². The van der Waals surface area contributed by atoms with Gasteiger partial charge in [-0.25, -0.2) is 14.0 Å². The van der Waals surface area contributed by atoms with Gasteiger partial charge in [0, 0.05) is 19.1 Å². The minimum Gasteiger partial charge on any atom is -0.484 e. The molecule has 2 aliphatic rings. The summed E-state index contributed by atoms with van der Waals surface area (Å²) in [5, 5.41) is 0. The maximum Gasteiger partial charge on any atom is 0.410 e. The van der Waals surface area contributed by atoms with Crippen molar-refractivity contribution in [2.24, 2.45) is 5.92 Å². The lowest BCUT2D eigenvalue weighted by atomic mass is 9.88. The van der Waals surface area contributed by atoms with Gasteiger partial charge in [0.05, 0.1) is 24.9 Å². The van der Waals surface area contributed by atoms with Gasteiger partial charge >= 0.3 is 12.1 Å². The molecule has 1 aromatic rings. The van der Waals surface area contributed by atoms with Crippen LogP contribution in [0.3, 0.4) is 0 Å². The molecule has 7 nitrogen and oxygen atoms in total. The summed E-state index contributed by atoms with van der Waals surface area (Å²) >= 11 is 0. The molecule has 31 heavy (non-hydrogen) atoms. The minimum absolute atomic E-state index is 0.0817. The fourth-order valence-corrected chi connectivity index (χ4v) is 4.29. The Kier molecular flexibility index (Phi) is 6.67. The van der Waals surface area contributed by atoms with Gasteiger partial charge in [0.2, 0.25) is 0 Å². The van der Waals surface area contributed by atoms with Gasteiger partial charge in [-0.2, -0.15) is 0 Å². The maximum atomic E-state index is 14.7. The lowest BCUT2D eigenvalue weighted by Crippen LogP contribution is -2.50. The Morgan fingerprint density at radius 1 is 1.23 bits per heavy atom. The van der Waals surface area contributed by atoms with Crippen LogP contribution in [0, 0.1) is 11.7 Å². The second kappa shape index (κ2) is 8.93. The lowest BCUT2D eigenvalue weighted by molar-refractivity contribution is 0.0174. The molecule has 2 atom stereocenters. The van der Waals surface area contributed by atoms with E-state index in [1.807, 2.05) is 27.7 Å². The van der Waals surface area contributed by atoms with Crippen molar-refractivity contribution in [3.05, 3.63) is 23.5 Å². The molecule has 1 aromatic carbocycles. The number of amides is 1. The number of piperidine rings is 1. The third-order valence-electron chi connectivity index (χ3n) is 5.89. The summed E-state index contributed by atoms with van der Waals surface area (Å²) in [6.45, 7) is 11.4. The molecule has 0 aromatic heterocycles. The number of fused-ring (bicyclic) bond motifs is 1. The third kappa shape index (κ3) is 5.22. The van der Waals surface area contributed by atoms with Gasteiger partial charge in [0.25, 0.3) is 0 Å². The average Bonchev–Trinajstić information content (AvgIpc) is 2.71. The number of carbonyl (C=O) groups excluding carboxylic acids is 2. The number of esters is 1. The van der Waals surface area contributed by atoms with E-state index < -0.39 is 17.4 Å². The van der Waals surface area contributed by atoms with Gasteiger partial charge in [-0.05, 0) is 65.5 Å². The van der Waals surface area contributed by atoms with Gasteiger partial charge in [0.1, 0.15) is 11.7 Å². The summed E-state index contributed by atoms with van der Waals surface area (Å²) in [4.78, 5) is 28.2. The number of nitrogens with zero attached hydrogens (tertiary/aromatic N) is 2. The molecule has 8 heteroatoms. The molecular weight excluding hydrogens is 403 g/mol. The van der Waals surface area contributed by atoms with Crippen molar-refractivity contribution in [3.63, 3.8) is 0 Å². The van der Waals surface area contributed by atoms with Gasteiger partial charge in [-0.1, -0.05) is 0 Å². The number of methoxy groups -OCH3 is 1. The van der Waals surface area contributed by atoms with E-state index >= 15 is 0 Å². The van der Waals surface area contributed by atoms with Crippen LogP contribution in [0.5, 0.6) is 5.75 Å². The van der Waals surface area contributed by atoms with Crippen LogP contribution in [-0.4, -0.2) is 61.5 Å². The second-order valence-corrected chi connectivity index (χ2v) is 9.42. The standard InChI is InChI=1S/C23H33FN2O5/c1-14-13-26(19-12-17(21(27)29-6)11-18(24)20(19)30-14)15(2)16-7-9-25(10-8-16)22(28)31-23(3,4)5/h11-12,14-16H,7-10,13H2,1-6H3/t14-,15?/m0/s1. The van der Waals surface area contributed by atoms with Gasteiger partial charge < -0.3 is 24.0 Å². The molecule has 1 fully saturated rings. The Morgan fingerprint density at radius 2 is 1.87 bits per heavy atom. The third-order valence-corrected chi connectivity index (χ3v) is 5.89. The number of likely N-dealkylation sites (tertiary alicyclic amines) is 1. The van der Waals surface area contributed by atoms with Crippen LogP contribution in [0.1, 0.15) is 57.8 Å². The van der Waals surface area contributed by atoms with Crippen molar-refractivity contribution in [1.82, 2.24) is 4.90 Å². The molecular formula is C23H33FN2O5. The zero-order valence-corrected chi connectivity index (χ0v) is 19.2. The van der Waals surface area contributed by atoms with E-state index in [1.54, 1.807) is 11.0 Å². The van der Waals surface area contributed by atoms with Crippen LogP contribution < -0.4 is 9.64 Å². The van der Waals surface area contributed by atoms with Gasteiger partial charge in [-0.15, -0.1) is 0 Å². The first-order chi connectivity index (χ1) is 14.5. The highest BCUT2D eigenvalue weighted by Gasteiger charge is 2.36. The summed E-state index contributed by atoms with van der Waals surface area (Å²) in [6.07, 6.45) is 1.17. The monoisotopic (exact) mass is 436 g/mol. The normalized spacial score (nSPS) is 20.5. The average molecular weight is 437 g/mol. The molecule has 1 unspecified atom stereocenters. The molecule has 2 aliphatic heterocycles. The highest BCUT2D eigenvalue weighted by atomic mass is 19.1. The van der Waals surface area contributed by atoms with Crippen molar-refractivity contribution in [2.75, 3.05) is 31.6 Å². The summed E-state index contributed by atoms with van der Waals surface area (Å²) in [5.74, 6) is -0.675. The van der Waals surface area contributed by atoms with Crippen LogP contribution in [0.15, 0.2) is 12.1 Å². The first-order valence-electron chi connectivity index (χ1n) is 10.8. The molecule has 1 amide bonds. The van der Waals surface area contributed by atoms with E-state index in [0.29, 0.717) is 31.2 Å². The Morgan fingerprint density at radius 3 is 2.45 bits per heavy atom. The van der Waals surface area contributed by atoms with Crippen molar-refractivity contribution >= 4 is 17.7 Å². The zero-order valence-electron chi connectivity index (χ0n) is 19.2. The number of halogens is 1. The summed E-state index contributed by atoms with van der Waals surface area (Å²) in [7, 11) is 1.27. The Hall–Kier alpha value is -2.51. The number of ether oxygens (including phenoxy) is 3. The number of rotatable bonds is 3. The number of benzene rings is 1. The van der Waals surface area contributed by atoms with Crippen molar-refractivity contribution in [1.29, 1.82) is 0 Å². The SMILES string of the molecule is COC(=O)c1cc(F)c2c(c1)N(C(C)C1CCN(C(=O)OC(C)(C)C)CC1)C[C@H](C)O2. The fourth-order valence-electron chi connectivity index (χ4n) is 4.29. The zero-order chi connectivity index (χ0) is 22.9. The van der Waals surface area contributed by atoms with Gasteiger partial charge in [-0.3, -0.25) is 0 Å². The predicted octanol–water partition coefficient (Wildman–Crippen LogP) is 4.24. The number of anilines is 1. The largest absolute Gasteiger partial charge is 0.484 e. The first kappa shape index (κ1) is 23.2. The van der Waals surface area contributed by atoms with E-state index in [1.165, 1.54) is 7.11 Å². The van der Waals surface area contributed by atoms with Crippen LogP contribution in [0.2, 0.25) is 0 Å². The molecule has 3 rings (SSSR count). The van der Waals surface area contributed by atoms with E-state index in [0.717, 1.165) is 18.9 Å². The van der Waals surface area contributed by atoms with E-state index in [4.69, 9.17) is 14.2 Å². The molecule has 0 saturated carbocycles. The van der Waals surface area contributed by atoms with Crippen molar-refractivity contribution in [2.45, 2.75) is 65.2 Å².